The molecule has 0 bridgehead atoms. The Bertz CT molecular complexity index is 1040. The Hall–Kier alpha value is -2.59. The van der Waals surface area contributed by atoms with Crippen molar-refractivity contribution in [2.24, 2.45) is 0 Å². The van der Waals surface area contributed by atoms with E-state index in [1.807, 2.05) is 24.3 Å². The number of hydrogen-bond donors (Lipinski definition) is 0. The summed E-state index contributed by atoms with van der Waals surface area (Å²) in [5, 5.41) is 1.18. The van der Waals surface area contributed by atoms with E-state index in [9.17, 15) is 4.79 Å². The Morgan fingerprint density at radius 1 is 1.25 bits per heavy atom. The molecular weight excluding hydrogens is 324 g/mol. The van der Waals surface area contributed by atoms with E-state index in [-0.39, 0.29) is 5.56 Å². The molecule has 3 aromatic rings. The smallest absolute Gasteiger partial charge is 0.261 e. The van der Waals surface area contributed by atoms with Crippen molar-refractivity contribution in [2.75, 3.05) is 7.11 Å². The predicted octanol–water partition coefficient (Wildman–Crippen LogP) is 4.00. The average molecular weight is 339 g/mol. The van der Waals surface area contributed by atoms with Crippen LogP contribution in [0.5, 0.6) is 5.75 Å². The highest BCUT2D eigenvalue weighted by Crippen LogP contribution is 2.28. The first-order chi connectivity index (χ1) is 11.7. The third-order valence-corrected chi connectivity index (χ3v) is 4.48. The lowest BCUT2D eigenvalue weighted by Gasteiger charge is -2.06. The molecule has 1 aromatic heterocycles. The van der Waals surface area contributed by atoms with Gasteiger partial charge in [-0.3, -0.25) is 9.36 Å². The van der Waals surface area contributed by atoms with Crippen LogP contribution >= 0.6 is 11.6 Å². The first-order valence-corrected chi connectivity index (χ1v) is 8.08. The minimum absolute atomic E-state index is 0.0132. The molecule has 0 aliphatic carbocycles. The fraction of sp³-hybridized carbons (Fsp3) is 0.158. The molecule has 1 aliphatic heterocycles. The summed E-state index contributed by atoms with van der Waals surface area (Å²) >= 11 is 6.04. The highest BCUT2D eigenvalue weighted by atomic mass is 35.5. The minimum Gasteiger partial charge on any atom is -0.497 e. The summed E-state index contributed by atoms with van der Waals surface area (Å²) < 4.78 is 7.00. The van der Waals surface area contributed by atoms with Gasteiger partial charge in [-0.25, -0.2) is 4.98 Å². The maximum Gasteiger partial charge on any atom is 0.261 e. The topological polar surface area (TPSA) is 44.1 Å². The van der Waals surface area contributed by atoms with E-state index < -0.39 is 0 Å². The lowest BCUT2D eigenvalue weighted by atomic mass is 10.1. The van der Waals surface area contributed by atoms with E-state index in [1.54, 1.807) is 29.9 Å². The van der Waals surface area contributed by atoms with Crippen LogP contribution in [0.1, 0.15) is 17.8 Å². The molecule has 0 saturated heterocycles. The van der Waals surface area contributed by atoms with Gasteiger partial charge in [0.05, 0.1) is 18.0 Å². The van der Waals surface area contributed by atoms with Gasteiger partial charge in [0.15, 0.2) is 0 Å². The van der Waals surface area contributed by atoms with Gasteiger partial charge in [-0.2, -0.15) is 0 Å². The van der Waals surface area contributed by atoms with Gasteiger partial charge < -0.3 is 4.74 Å². The van der Waals surface area contributed by atoms with Gasteiger partial charge in [0, 0.05) is 11.6 Å². The first kappa shape index (κ1) is 15.0. The molecule has 24 heavy (non-hydrogen) atoms. The standard InChI is InChI=1S/C19H15ClN2O2/c1-24-15-4-2-3-12(10-15)9-13-7-8-22-18(13)21-17-11-14(20)5-6-16(17)19(22)23/h2-6,9-11H,7-8H2,1H3/b13-9-. The van der Waals surface area contributed by atoms with Crippen LogP contribution in [0.25, 0.3) is 22.6 Å². The Kier molecular flexibility index (Phi) is 3.62. The highest BCUT2D eigenvalue weighted by molar-refractivity contribution is 6.31. The largest absolute Gasteiger partial charge is 0.497 e. The molecule has 0 fully saturated rings. The summed E-state index contributed by atoms with van der Waals surface area (Å²) in [6.07, 6.45) is 2.84. The van der Waals surface area contributed by atoms with Crippen LogP contribution in [-0.4, -0.2) is 16.7 Å². The van der Waals surface area contributed by atoms with Gasteiger partial charge in [-0.15, -0.1) is 0 Å². The van der Waals surface area contributed by atoms with E-state index in [0.29, 0.717) is 22.5 Å². The molecule has 2 aromatic carbocycles. The summed E-state index contributed by atoms with van der Waals surface area (Å²) in [7, 11) is 1.65. The summed E-state index contributed by atoms with van der Waals surface area (Å²) in [5.74, 6) is 1.52. The molecule has 0 amide bonds. The van der Waals surface area contributed by atoms with Crippen molar-refractivity contribution in [3.63, 3.8) is 0 Å². The van der Waals surface area contributed by atoms with E-state index in [4.69, 9.17) is 16.3 Å². The van der Waals surface area contributed by atoms with Gasteiger partial charge in [0.25, 0.3) is 5.56 Å². The van der Waals surface area contributed by atoms with Gasteiger partial charge in [-0.1, -0.05) is 23.7 Å². The second kappa shape index (κ2) is 5.80. The summed E-state index contributed by atoms with van der Waals surface area (Å²) in [4.78, 5) is 17.3. The molecule has 4 nitrogen and oxygen atoms in total. The molecule has 4 rings (SSSR count). The van der Waals surface area contributed by atoms with Crippen LogP contribution < -0.4 is 10.3 Å². The minimum atomic E-state index is -0.0132. The lowest BCUT2D eigenvalue weighted by molar-refractivity contribution is 0.414. The molecule has 0 saturated carbocycles. The summed E-state index contributed by atoms with van der Waals surface area (Å²) in [6, 6.07) is 13.0. The molecule has 0 radical (unpaired) electrons. The van der Waals surface area contributed by atoms with Crippen LogP contribution in [0, 0.1) is 0 Å². The molecule has 0 unspecified atom stereocenters. The van der Waals surface area contributed by atoms with Crippen LogP contribution in [0.2, 0.25) is 5.02 Å². The third-order valence-electron chi connectivity index (χ3n) is 4.24. The summed E-state index contributed by atoms with van der Waals surface area (Å²) in [5.41, 5.74) is 2.69. The third kappa shape index (κ3) is 2.49. The van der Waals surface area contributed by atoms with Crippen LogP contribution in [0.4, 0.5) is 0 Å². The van der Waals surface area contributed by atoms with Crippen molar-refractivity contribution in [3.8, 4) is 5.75 Å². The molecule has 0 N–H and O–H groups in total. The molecule has 5 heteroatoms. The zero-order chi connectivity index (χ0) is 16.7. The maximum atomic E-state index is 12.7. The summed E-state index contributed by atoms with van der Waals surface area (Å²) in [6.45, 7) is 0.648. The second-order valence-corrected chi connectivity index (χ2v) is 6.19. The van der Waals surface area contributed by atoms with Crippen molar-refractivity contribution < 1.29 is 4.74 Å². The second-order valence-electron chi connectivity index (χ2n) is 5.75. The van der Waals surface area contributed by atoms with E-state index in [0.717, 1.165) is 29.1 Å². The van der Waals surface area contributed by atoms with E-state index >= 15 is 0 Å². The van der Waals surface area contributed by atoms with Crippen molar-refractivity contribution in [3.05, 3.63) is 69.2 Å². The van der Waals surface area contributed by atoms with Gasteiger partial charge in [0.1, 0.15) is 11.6 Å². The Morgan fingerprint density at radius 3 is 2.96 bits per heavy atom. The quantitative estimate of drug-likeness (QED) is 0.709. The number of benzene rings is 2. The lowest BCUT2D eigenvalue weighted by Crippen LogP contribution is -2.20. The number of ether oxygens (including phenoxy) is 1. The number of nitrogens with zero attached hydrogens (tertiary/aromatic N) is 2. The van der Waals surface area contributed by atoms with Crippen molar-refractivity contribution >= 4 is 34.2 Å². The molecule has 2 heterocycles. The van der Waals surface area contributed by atoms with Crippen LogP contribution in [0.3, 0.4) is 0 Å². The van der Waals surface area contributed by atoms with Gasteiger partial charge >= 0.3 is 0 Å². The number of halogens is 1. The Morgan fingerprint density at radius 2 is 2.12 bits per heavy atom. The SMILES string of the molecule is COc1cccc(/C=C2/CCn3c2nc2cc(Cl)ccc2c3=O)c1. The normalized spacial score (nSPS) is 15.0. The molecule has 0 spiro atoms. The number of allylic oxidation sites excluding steroid dienone is 1. The zero-order valence-corrected chi connectivity index (χ0v) is 13.9. The molecule has 120 valence electrons. The van der Waals surface area contributed by atoms with Crippen molar-refractivity contribution in [2.45, 2.75) is 13.0 Å². The fourth-order valence-corrected chi connectivity index (χ4v) is 3.23. The Balaban J connectivity index is 1.87. The van der Waals surface area contributed by atoms with Crippen molar-refractivity contribution in [1.82, 2.24) is 9.55 Å². The van der Waals surface area contributed by atoms with Gasteiger partial charge in [0.2, 0.25) is 0 Å². The van der Waals surface area contributed by atoms with Crippen LogP contribution in [-0.2, 0) is 6.54 Å². The molecule has 0 atom stereocenters. The Labute approximate surface area is 144 Å². The van der Waals surface area contributed by atoms with E-state index in [2.05, 4.69) is 11.1 Å². The fourth-order valence-electron chi connectivity index (χ4n) is 3.06. The first-order valence-electron chi connectivity index (χ1n) is 7.71. The number of methoxy groups -OCH3 is 1. The number of rotatable bonds is 2. The number of hydrogen-bond acceptors (Lipinski definition) is 3. The van der Waals surface area contributed by atoms with E-state index in [1.165, 1.54) is 0 Å². The maximum absolute atomic E-state index is 12.7. The predicted molar refractivity (Wildman–Crippen MR) is 96.5 cm³/mol. The highest BCUT2D eigenvalue weighted by Gasteiger charge is 2.20. The van der Waals surface area contributed by atoms with Gasteiger partial charge in [-0.05, 0) is 54.0 Å². The number of fused-ring (bicyclic) bond motifs is 2. The van der Waals surface area contributed by atoms with Crippen molar-refractivity contribution in [1.29, 1.82) is 0 Å². The zero-order valence-electron chi connectivity index (χ0n) is 13.1. The number of aromatic nitrogens is 2. The monoisotopic (exact) mass is 338 g/mol. The molecular formula is C19H15ClN2O2. The molecule has 1 aliphatic rings. The average Bonchev–Trinajstić information content (AvgIpc) is 2.98. The van der Waals surface area contributed by atoms with Crippen LogP contribution in [0.15, 0.2) is 47.3 Å².